The first-order chi connectivity index (χ1) is 8.90. The van der Waals surface area contributed by atoms with Crippen molar-refractivity contribution in [3.8, 4) is 5.75 Å². The number of nitrogens with one attached hydrogen (secondary N) is 1. The number of rotatable bonds is 5. The lowest BCUT2D eigenvalue weighted by Gasteiger charge is -2.20. The minimum atomic E-state index is -0.412. The zero-order chi connectivity index (χ0) is 14.6. The number of hydrogen-bond donors (Lipinski definition) is 2. The summed E-state index contributed by atoms with van der Waals surface area (Å²) in [6.07, 6.45) is 0. The van der Waals surface area contributed by atoms with Crippen molar-refractivity contribution in [2.75, 3.05) is 19.0 Å². The van der Waals surface area contributed by atoms with Crippen LogP contribution in [-0.2, 0) is 4.79 Å². The van der Waals surface area contributed by atoms with Gasteiger partial charge >= 0.3 is 0 Å². The minimum absolute atomic E-state index is 0.0850. The van der Waals surface area contributed by atoms with Gasteiger partial charge in [0.1, 0.15) is 5.75 Å². The van der Waals surface area contributed by atoms with Gasteiger partial charge in [-0.1, -0.05) is 19.9 Å². The fourth-order valence-electron chi connectivity index (χ4n) is 2.06. The highest BCUT2D eigenvalue weighted by Crippen LogP contribution is 2.30. The minimum Gasteiger partial charge on any atom is -0.495 e. The van der Waals surface area contributed by atoms with Crippen LogP contribution in [0, 0.1) is 25.7 Å². The number of ether oxygens (including phenoxy) is 1. The van der Waals surface area contributed by atoms with E-state index < -0.39 is 5.92 Å². The molecule has 0 heterocycles. The maximum absolute atomic E-state index is 12.2. The molecule has 1 aromatic rings. The van der Waals surface area contributed by atoms with Crippen LogP contribution in [0.1, 0.15) is 25.0 Å². The first-order valence-electron chi connectivity index (χ1n) is 6.47. The largest absolute Gasteiger partial charge is 0.495 e. The van der Waals surface area contributed by atoms with Gasteiger partial charge in [0.05, 0.1) is 25.3 Å². The molecule has 0 aliphatic rings. The van der Waals surface area contributed by atoms with E-state index in [0.29, 0.717) is 11.4 Å². The number of aliphatic hydroxyl groups is 1. The Labute approximate surface area is 114 Å². The first kappa shape index (κ1) is 15.5. The molecule has 4 nitrogen and oxygen atoms in total. The van der Waals surface area contributed by atoms with E-state index in [9.17, 15) is 9.90 Å². The van der Waals surface area contributed by atoms with Crippen LogP contribution in [0.15, 0.2) is 12.1 Å². The summed E-state index contributed by atoms with van der Waals surface area (Å²) in [5, 5.41) is 12.2. The normalized spacial score (nSPS) is 12.4. The number of aliphatic hydroxyl groups excluding tert-OH is 1. The Morgan fingerprint density at radius 3 is 2.47 bits per heavy atom. The van der Waals surface area contributed by atoms with Crippen LogP contribution in [0.2, 0.25) is 0 Å². The molecule has 0 fully saturated rings. The molecule has 1 rings (SSSR count). The van der Waals surface area contributed by atoms with Crippen molar-refractivity contribution in [3.05, 3.63) is 23.3 Å². The summed E-state index contributed by atoms with van der Waals surface area (Å²) in [5.41, 5.74) is 2.71. The van der Waals surface area contributed by atoms with Gasteiger partial charge in [0.25, 0.3) is 0 Å². The summed E-state index contributed by atoms with van der Waals surface area (Å²) in [4.78, 5) is 12.2. The van der Waals surface area contributed by atoms with Crippen LogP contribution >= 0.6 is 0 Å². The Hall–Kier alpha value is -1.55. The van der Waals surface area contributed by atoms with Crippen molar-refractivity contribution in [1.82, 2.24) is 0 Å². The second kappa shape index (κ2) is 6.57. The highest BCUT2D eigenvalue weighted by atomic mass is 16.5. The number of hydrogen-bond acceptors (Lipinski definition) is 3. The van der Waals surface area contributed by atoms with Gasteiger partial charge in [0, 0.05) is 0 Å². The number of carbonyl (C=O) groups excluding carboxylic acids is 1. The fraction of sp³-hybridized carbons (Fsp3) is 0.533. The van der Waals surface area contributed by atoms with E-state index in [-0.39, 0.29) is 18.4 Å². The molecule has 0 saturated heterocycles. The molecule has 0 spiro atoms. The van der Waals surface area contributed by atoms with Gasteiger partial charge in [-0.3, -0.25) is 4.79 Å². The molecule has 1 unspecified atom stereocenters. The molecule has 1 amide bonds. The predicted molar refractivity (Wildman–Crippen MR) is 76.5 cm³/mol. The van der Waals surface area contributed by atoms with Gasteiger partial charge in [-0.2, -0.15) is 0 Å². The van der Waals surface area contributed by atoms with Gasteiger partial charge < -0.3 is 15.2 Å². The lowest BCUT2D eigenvalue weighted by atomic mass is 9.95. The standard InChI is InChI=1S/C15H23NO3/c1-9(2)12(8-17)15(18)16-14-11(4)6-10(3)7-13(14)19-5/h6-7,9,12,17H,8H2,1-5H3,(H,16,18). The number of carbonyl (C=O) groups is 1. The highest BCUT2D eigenvalue weighted by molar-refractivity contribution is 5.95. The van der Waals surface area contributed by atoms with Crippen LogP contribution in [0.3, 0.4) is 0 Å². The third-order valence-corrected chi connectivity index (χ3v) is 3.25. The van der Waals surface area contributed by atoms with E-state index in [2.05, 4.69) is 5.32 Å². The van der Waals surface area contributed by atoms with Gasteiger partial charge in [-0.15, -0.1) is 0 Å². The second-order valence-electron chi connectivity index (χ2n) is 5.18. The quantitative estimate of drug-likeness (QED) is 0.860. The summed E-state index contributed by atoms with van der Waals surface area (Å²) in [6, 6.07) is 3.87. The van der Waals surface area contributed by atoms with E-state index in [4.69, 9.17) is 4.74 Å². The van der Waals surface area contributed by atoms with Gasteiger partial charge in [0.2, 0.25) is 5.91 Å². The zero-order valence-electron chi connectivity index (χ0n) is 12.3. The average molecular weight is 265 g/mol. The summed E-state index contributed by atoms with van der Waals surface area (Å²) in [7, 11) is 1.58. The topological polar surface area (TPSA) is 58.6 Å². The van der Waals surface area contributed by atoms with E-state index in [1.807, 2.05) is 39.8 Å². The summed E-state index contributed by atoms with van der Waals surface area (Å²) < 4.78 is 5.30. The fourth-order valence-corrected chi connectivity index (χ4v) is 2.06. The maximum atomic E-state index is 12.2. The molecule has 1 aromatic carbocycles. The molecular formula is C15H23NO3. The predicted octanol–water partition coefficient (Wildman–Crippen LogP) is 2.52. The average Bonchev–Trinajstić information content (AvgIpc) is 2.32. The molecule has 0 aromatic heterocycles. The molecular weight excluding hydrogens is 242 g/mol. The van der Waals surface area contributed by atoms with Crippen LogP contribution in [0.4, 0.5) is 5.69 Å². The van der Waals surface area contributed by atoms with Crippen molar-refractivity contribution < 1.29 is 14.6 Å². The van der Waals surface area contributed by atoms with Crippen molar-refractivity contribution in [2.24, 2.45) is 11.8 Å². The second-order valence-corrected chi connectivity index (χ2v) is 5.18. The Morgan fingerprint density at radius 1 is 1.37 bits per heavy atom. The van der Waals surface area contributed by atoms with Crippen LogP contribution < -0.4 is 10.1 Å². The monoisotopic (exact) mass is 265 g/mol. The summed E-state index contributed by atoms with van der Waals surface area (Å²) >= 11 is 0. The number of anilines is 1. The van der Waals surface area contributed by atoms with Crippen molar-refractivity contribution in [1.29, 1.82) is 0 Å². The molecule has 0 bridgehead atoms. The van der Waals surface area contributed by atoms with E-state index in [1.54, 1.807) is 7.11 Å². The summed E-state index contributed by atoms with van der Waals surface area (Å²) in [6.45, 7) is 7.58. The Balaban J connectivity index is 3.02. The summed E-state index contributed by atoms with van der Waals surface area (Å²) in [5.74, 6) is 0.140. The van der Waals surface area contributed by atoms with Gasteiger partial charge in [-0.25, -0.2) is 0 Å². The number of aryl methyl sites for hydroxylation is 2. The van der Waals surface area contributed by atoms with Crippen molar-refractivity contribution in [3.63, 3.8) is 0 Å². The first-order valence-corrected chi connectivity index (χ1v) is 6.47. The number of methoxy groups -OCH3 is 1. The van der Waals surface area contributed by atoms with E-state index in [1.165, 1.54) is 0 Å². The zero-order valence-corrected chi connectivity index (χ0v) is 12.3. The third-order valence-electron chi connectivity index (χ3n) is 3.25. The molecule has 1 atom stereocenters. The van der Waals surface area contributed by atoms with Gasteiger partial charge in [-0.05, 0) is 37.0 Å². The van der Waals surface area contributed by atoms with E-state index >= 15 is 0 Å². The molecule has 19 heavy (non-hydrogen) atoms. The maximum Gasteiger partial charge on any atom is 0.230 e. The van der Waals surface area contributed by atoms with Crippen molar-refractivity contribution in [2.45, 2.75) is 27.7 Å². The van der Waals surface area contributed by atoms with E-state index in [0.717, 1.165) is 11.1 Å². The van der Waals surface area contributed by atoms with Gasteiger partial charge in [0.15, 0.2) is 0 Å². The third kappa shape index (κ3) is 3.70. The smallest absolute Gasteiger partial charge is 0.230 e. The molecule has 0 aliphatic heterocycles. The Bertz CT molecular complexity index is 455. The van der Waals surface area contributed by atoms with Crippen LogP contribution in [0.5, 0.6) is 5.75 Å². The Kier molecular flexibility index (Phi) is 5.36. The lowest BCUT2D eigenvalue weighted by Crippen LogP contribution is -2.30. The highest BCUT2D eigenvalue weighted by Gasteiger charge is 2.22. The molecule has 4 heteroatoms. The van der Waals surface area contributed by atoms with Crippen LogP contribution in [0.25, 0.3) is 0 Å². The number of amides is 1. The molecule has 2 N–H and O–H groups in total. The van der Waals surface area contributed by atoms with Crippen molar-refractivity contribution >= 4 is 11.6 Å². The molecule has 0 radical (unpaired) electrons. The van der Waals surface area contributed by atoms with Crippen LogP contribution in [-0.4, -0.2) is 24.7 Å². The lowest BCUT2D eigenvalue weighted by molar-refractivity contribution is -0.122. The SMILES string of the molecule is COc1cc(C)cc(C)c1NC(=O)C(CO)C(C)C. The Morgan fingerprint density at radius 2 is 2.00 bits per heavy atom. The number of benzene rings is 1. The molecule has 0 saturated carbocycles. The molecule has 106 valence electrons. The molecule has 0 aliphatic carbocycles.